The van der Waals surface area contributed by atoms with Gasteiger partial charge in [0.2, 0.25) is 0 Å². The lowest BCUT2D eigenvalue weighted by Gasteiger charge is -2.03. The maximum absolute atomic E-state index is 11.6. The van der Waals surface area contributed by atoms with Gasteiger partial charge in [-0.2, -0.15) is 0 Å². The molecule has 2 rings (SSSR count). The molecule has 4 nitrogen and oxygen atoms in total. The van der Waals surface area contributed by atoms with Gasteiger partial charge >= 0.3 is 0 Å². The van der Waals surface area contributed by atoms with E-state index in [0.717, 1.165) is 6.42 Å². The minimum absolute atomic E-state index is 0. The second-order valence-electron chi connectivity index (χ2n) is 3.47. The minimum atomic E-state index is -0.0800. The molecule has 0 bridgehead atoms. The highest BCUT2D eigenvalue weighted by molar-refractivity contribution is 5.93. The van der Waals surface area contributed by atoms with Gasteiger partial charge in [0, 0.05) is 31.3 Å². The SMILES string of the molecule is Cl.O=C(NCCc1cc[nH]c1)c1cccnc1. The van der Waals surface area contributed by atoms with Crippen molar-refractivity contribution in [1.29, 1.82) is 0 Å². The largest absolute Gasteiger partial charge is 0.367 e. The Bertz CT molecular complexity index is 442. The summed E-state index contributed by atoms with van der Waals surface area (Å²) in [5, 5.41) is 2.84. The van der Waals surface area contributed by atoms with Gasteiger partial charge in [-0.1, -0.05) is 0 Å². The van der Waals surface area contributed by atoms with Crippen LogP contribution in [-0.4, -0.2) is 22.4 Å². The molecule has 0 saturated carbocycles. The van der Waals surface area contributed by atoms with E-state index in [9.17, 15) is 4.79 Å². The first-order valence-corrected chi connectivity index (χ1v) is 5.16. The summed E-state index contributed by atoms with van der Waals surface area (Å²) in [6, 6.07) is 5.50. The van der Waals surface area contributed by atoms with Crippen molar-refractivity contribution in [2.45, 2.75) is 6.42 Å². The van der Waals surface area contributed by atoms with Crippen LogP contribution in [0.15, 0.2) is 43.0 Å². The van der Waals surface area contributed by atoms with Gasteiger partial charge < -0.3 is 10.3 Å². The van der Waals surface area contributed by atoms with Crippen LogP contribution in [0.5, 0.6) is 0 Å². The summed E-state index contributed by atoms with van der Waals surface area (Å²) in [6.07, 6.45) is 7.84. The number of nitrogens with one attached hydrogen (secondary N) is 2. The fourth-order valence-electron chi connectivity index (χ4n) is 1.43. The number of nitrogens with zero attached hydrogens (tertiary/aromatic N) is 1. The second kappa shape index (κ2) is 6.70. The molecule has 1 amide bonds. The summed E-state index contributed by atoms with van der Waals surface area (Å²) >= 11 is 0. The van der Waals surface area contributed by atoms with E-state index < -0.39 is 0 Å². The highest BCUT2D eigenvalue weighted by Crippen LogP contribution is 1.98. The minimum Gasteiger partial charge on any atom is -0.367 e. The van der Waals surface area contributed by atoms with Gasteiger partial charge in [0.05, 0.1) is 5.56 Å². The number of pyridine rings is 1. The van der Waals surface area contributed by atoms with E-state index in [0.29, 0.717) is 12.1 Å². The molecule has 0 aliphatic carbocycles. The number of hydrogen-bond acceptors (Lipinski definition) is 2. The van der Waals surface area contributed by atoms with Gasteiger partial charge in [0.1, 0.15) is 0 Å². The monoisotopic (exact) mass is 251 g/mol. The molecule has 0 aliphatic rings. The predicted octanol–water partition coefficient (Wildman–Crippen LogP) is 1.80. The van der Waals surface area contributed by atoms with Gasteiger partial charge in [0.25, 0.3) is 5.91 Å². The van der Waals surface area contributed by atoms with E-state index in [-0.39, 0.29) is 18.3 Å². The first-order valence-electron chi connectivity index (χ1n) is 5.16. The first kappa shape index (κ1) is 13.3. The average molecular weight is 252 g/mol. The molecule has 0 spiro atoms. The van der Waals surface area contributed by atoms with Crippen molar-refractivity contribution in [2.24, 2.45) is 0 Å². The van der Waals surface area contributed by atoms with E-state index in [4.69, 9.17) is 0 Å². The summed E-state index contributed by atoms with van der Waals surface area (Å²) in [5.74, 6) is -0.0800. The lowest BCUT2D eigenvalue weighted by molar-refractivity contribution is 0.0954. The molecule has 2 heterocycles. The molecule has 0 saturated heterocycles. The third kappa shape index (κ3) is 3.92. The molecule has 0 aromatic carbocycles. The molecule has 2 aromatic rings. The van der Waals surface area contributed by atoms with E-state index in [1.54, 1.807) is 24.5 Å². The van der Waals surface area contributed by atoms with E-state index >= 15 is 0 Å². The Hall–Kier alpha value is -1.81. The van der Waals surface area contributed by atoms with E-state index in [2.05, 4.69) is 15.3 Å². The summed E-state index contributed by atoms with van der Waals surface area (Å²) in [4.78, 5) is 18.5. The Balaban J connectivity index is 0.00000144. The Morgan fingerprint density at radius 1 is 1.41 bits per heavy atom. The van der Waals surface area contributed by atoms with E-state index in [1.165, 1.54) is 5.56 Å². The predicted molar refractivity (Wildman–Crippen MR) is 68.3 cm³/mol. The van der Waals surface area contributed by atoms with Crippen LogP contribution in [-0.2, 0) is 6.42 Å². The van der Waals surface area contributed by atoms with Crippen molar-refractivity contribution in [3.63, 3.8) is 0 Å². The lowest BCUT2D eigenvalue weighted by Crippen LogP contribution is -2.25. The van der Waals surface area contributed by atoms with Gasteiger partial charge in [-0.3, -0.25) is 9.78 Å². The zero-order valence-electron chi connectivity index (χ0n) is 9.22. The van der Waals surface area contributed by atoms with Crippen molar-refractivity contribution in [3.05, 3.63) is 54.1 Å². The summed E-state index contributed by atoms with van der Waals surface area (Å²) < 4.78 is 0. The maximum atomic E-state index is 11.6. The van der Waals surface area contributed by atoms with Crippen LogP contribution >= 0.6 is 12.4 Å². The molecule has 17 heavy (non-hydrogen) atoms. The standard InChI is InChI=1S/C12H13N3O.ClH/c16-12(11-2-1-5-13-9-11)15-7-4-10-3-6-14-8-10;/h1-3,5-6,8-9,14H,4,7H2,(H,15,16);1H. The molecular weight excluding hydrogens is 238 g/mol. The average Bonchev–Trinajstić information content (AvgIpc) is 2.83. The molecule has 0 atom stereocenters. The quantitative estimate of drug-likeness (QED) is 0.871. The molecular formula is C12H14ClN3O. The van der Waals surface area contributed by atoms with Crippen LogP contribution in [0, 0.1) is 0 Å². The van der Waals surface area contributed by atoms with Crippen molar-refractivity contribution in [3.8, 4) is 0 Å². The summed E-state index contributed by atoms with van der Waals surface area (Å²) in [5.41, 5.74) is 1.78. The number of halogens is 1. The zero-order chi connectivity index (χ0) is 11.2. The first-order chi connectivity index (χ1) is 7.86. The molecule has 0 radical (unpaired) electrons. The lowest BCUT2D eigenvalue weighted by atomic mass is 10.2. The fraction of sp³-hybridized carbons (Fsp3) is 0.167. The third-order valence-corrected chi connectivity index (χ3v) is 2.29. The number of rotatable bonds is 4. The van der Waals surface area contributed by atoms with Crippen LogP contribution in [0.1, 0.15) is 15.9 Å². The third-order valence-electron chi connectivity index (χ3n) is 2.29. The molecule has 0 fully saturated rings. The van der Waals surface area contributed by atoms with E-state index in [1.807, 2.05) is 18.5 Å². The van der Waals surface area contributed by atoms with Gasteiger partial charge in [-0.15, -0.1) is 12.4 Å². The Labute approximate surface area is 106 Å². The molecule has 5 heteroatoms. The molecule has 90 valence electrons. The van der Waals surface area contributed by atoms with Crippen molar-refractivity contribution in [2.75, 3.05) is 6.54 Å². The number of aromatic nitrogens is 2. The van der Waals surface area contributed by atoms with Crippen molar-refractivity contribution in [1.82, 2.24) is 15.3 Å². The van der Waals surface area contributed by atoms with Gasteiger partial charge in [-0.25, -0.2) is 0 Å². The molecule has 2 N–H and O–H groups in total. The summed E-state index contributed by atoms with van der Waals surface area (Å²) in [6.45, 7) is 0.631. The smallest absolute Gasteiger partial charge is 0.252 e. The molecule has 0 aliphatic heterocycles. The van der Waals surface area contributed by atoms with Crippen LogP contribution in [0.4, 0.5) is 0 Å². The van der Waals surface area contributed by atoms with Crippen LogP contribution in [0.3, 0.4) is 0 Å². The highest BCUT2D eigenvalue weighted by atomic mass is 35.5. The fourth-order valence-corrected chi connectivity index (χ4v) is 1.43. The normalized spacial score (nSPS) is 9.41. The maximum Gasteiger partial charge on any atom is 0.252 e. The number of H-pyrrole nitrogens is 1. The second-order valence-corrected chi connectivity index (χ2v) is 3.47. The number of carbonyl (C=O) groups excluding carboxylic acids is 1. The number of aromatic amines is 1. The van der Waals surface area contributed by atoms with Gasteiger partial charge in [0.15, 0.2) is 0 Å². The van der Waals surface area contributed by atoms with Gasteiger partial charge in [-0.05, 0) is 30.2 Å². The number of amides is 1. The Kier molecular flexibility index (Phi) is 5.23. The Morgan fingerprint density at radius 2 is 2.29 bits per heavy atom. The molecule has 0 unspecified atom stereocenters. The van der Waals surface area contributed by atoms with Crippen LogP contribution in [0.2, 0.25) is 0 Å². The highest BCUT2D eigenvalue weighted by Gasteiger charge is 2.03. The zero-order valence-corrected chi connectivity index (χ0v) is 10.0. The molecule has 2 aromatic heterocycles. The topological polar surface area (TPSA) is 57.8 Å². The number of carbonyl (C=O) groups is 1. The van der Waals surface area contributed by atoms with Crippen LogP contribution in [0.25, 0.3) is 0 Å². The Morgan fingerprint density at radius 3 is 2.94 bits per heavy atom. The van der Waals surface area contributed by atoms with Crippen molar-refractivity contribution >= 4 is 18.3 Å². The van der Waals surface area contributed by atoms with Crippen molar-refractivity contribution < 1.29 is 4.79 Å². The summed E-state index contributed by atoms with van der Waals surface area (Å²) in [7, 11) is 0. The van der Waals surface area contributed by atoms with Crippen LogP contribution < -0.4 is 5.32 Å². The number of hydrogen-bond donors (Lipinski definition) is 2.